The van der Waals surface area contributed by atoms with Crippen molar-refractivity contribution in [2.24, 2.45) is 16.5 Å². The maximum absolute atomic E-state index is 5.43. The topological polar surface area (TPSA) is 69.3 Å². The molecule has 0 amide bonds. The molecule has 0 saturated heterocycles. The van der Waals surface area contributed by atoms with Crippen LogP contribution in [0.4, 0.5) is 5.82 Å². The van der Waals surface area contributed by atoms with E-state index in [1.54, 1.807) is 0 Å². The Morgan fingerprint density at radius 2 is 2.13 bits per heavy atom. The van der Waals surface area contributed by atoms with Gasteiger partial charge in [-0.2, -0.15) is 4.99 Å². The fraction of sp³-hybridized carbons (Fsp3) is 0.545. The lowest BCUT2D eigenvalue weighted by Gasteiger charge is -2.11. The van der Waals surface area contributed by atoms with Crippen molar-refractivity contribution in [1.82, 2.24) is 4.57 Å². The largest absolute Gasteiger partial charge is 0.370 e. The quantitative estimate of drug-likeness (QED) is 0.586. The van der Waals surface area contributed by atoms with Gasteiger partial charge in [0.05, 0.1) is 0 Å². The van der Waals surface area contributed by atoms with Crippen molar-refractivity contribution in [3.63, 3.8) is 0 Å². The Labute approximate surface area is 91.0 Å². The summed E-state index contributed by atoms with van der Waals surface area (Å²) in [7, 11) is 0. The molecule has 0 aromatic carbocycles. The highest BCUT2D eigenvalue weighted by Crippen LogP contribution is 2.25. The predicted molar refractivity (Wildman–Crippen MR) is 64.3 cm³/mol. The van der Waals surface area contributed by atoms with Crippen LogP contribution in [-0.4, -0.2) is 10.5 Å². The fourth-order valence-electron chi connectivity index (χ4n) is 1.61. The normalized spacial score (nSPS) is 10.7. The van der Waals surface area contributed by atoms with Gasteiger partial charge in [-0.25, -0.2) is 0 Å². The van der Waals surface area contributed by atoms with Gasteiger partial charge in [0.15, 0.2) is 5.96 Å². The summed E-state index contributed by atoms with van der Waals surface area (Å²) in [4.78, 5) is 4.19. The fourth-order valence-corrected chi connectivity index (χ4v) is 1.61. The zero-order valence-corrected chi connectivity index (χ0v) is 9.70. The third-order valence-corrected chi connectivity index (χ3v) is 2.28. The Bertz CT molecular complexity index is 345. The van der Waals surface area contributed by atoms with E-state index in [1.165, 1.54) is 5.56 Å². The summed E-state index contributed by atoms with van der Waals surface area (Å²) >= 11 is 0. The van der Waals surface area contributed by atoms with Gasteiger partial charge in [0.1, 0.15) is 5.82 Å². The van der Waals surface area contributed by atoms with E-state index in [9.17, 15) is 0 Å². The van der Waals surface area contributed by atoms with Crippen LogP contribution in [0.25, 0.3) is 0 Å². The molecule has 0 saturated carbocycles. The Morgan fingerprint density at radius 3 is 2.60 bits per heavy atom. The van der Waals surface area contributed by atoms with Crippen molar-refractivity contribution >= 4 is 11.8 Å². The third kappa shape index (κ3) is 2.75. The lowest BCUT2D eigenvalue weighted by molar-refractivity contribution is 0.606. The van der Waals surface area contributed by atoms with Crippen molar-refractivity contribution in [3.05, 3.63) is 17.8 Å². The number of aliphatic imine (C=N–C) groups is 1. The lowest BCUT2D eigenvalue weighted by Crippen LogP contribution is -2.22. The molecule has 1 rings (SSSR count). The summed E-state index contributed by atoms with van der Waals surface area (Å²) in [5, 5.41) is 0. The Balaban J connectivity index is 3.14. The van der Waals surface area contributed by atoms with Gasteiger partial charge >= 0.3 is 0 Å². The molecule has 4 nitrogen and oxygen atoms in total. The zero-order chi connectivity index (χ0) is 11.4. The van der Waals surface area contributed by atoms with E-state index in [0.29, 0.717) is 6.04 Å². The van der Waals surface area contributed by atoms with Crippen LogP contribution in [0.2, 0.25) is 0 Å². The number of nitrogens with two attached hydrogens (primary N) is 2. The smallest absolute Gasteiger partial charge is 0.192 e. The van der Waals surface area contributed by atoms with Crippen LogP contribution in [0.15, 0.2) is 17.3 Å². The molecule has 1 aromatic heterocycles. The van der Waals surface area contributed by atoms with Crippen molar-refractivity contribution < 1.29 is 0 Å². The van der Waals surface area contributed by atoms with Gasteiger partial charge in [0.2, 0.25) is 0 Å². The number of aromatic nitrogens is 1. The van der Waals surface area contributed by atoms with Crippen molar-refractivity contribution in [1.29, 1.82) is 0 Å². The maximum Gasteiger partial charge on any atom is 0.192 e. The Kier molecular flexibility index (Phi) is 3.77. The van der Waals surface area contributed by atoms with E-state index >= 15 is 0 Å². The van der Waals surface area contributed by atoms with Crippen LogP contribution in [0.1, 0.15) is 38.8 Å². The first-order valence-electron chi connectivity index (χ1n) is 5.35. The highest BCUT2D eigenvalue weighted by atomic mass is 15.1. The van der Waals surface area contributed by atoms with E-state index in [4.69, 9.17) is 11.5 Å². The van der Waals surface area contributed by atoms with Gasteiger partial charge in [-0.1, -0.05) is 13.3 Å². The zero-order valence-electron chi connectivity index (χ0n) is 9.70. The van der Waals surface area contributed by atoms with Crippen molar-refractivity contribution in [2.75, 3.05) is 0 Å². The molecule has 0 aliphatic rings. The van der Waals surface area contributed by atoms with Crippen LogP contribution in [0.3, 0.4) is 0 Å². The third-order valence-electron chi connectivity index (χ3n) is 2.28. The van der Waals surface area contributed by atoms with E-state index in [1.807, 2.05) is 6.20 Å². The van der Waals surface area contributed by atoms with E-state index in [-0.39, 0.29) is 5.96 Å². The monoisotopic (exact) mass is 208 g/mol. The second-order valence-corrected chi connectivity index (χ2v) is 3.95. The second kappa shape index (κ2) is 4.87. The first-order valence-corrected chi connectivity index (χ1v) is 5.35. The molecule has 4 heteroatoms. The van der Waals surface area contributed by atoms with Crippen LogP contribution >= 0.6 is 0 Å². The van der Waals surface area contributed by atoms with Crippen LogP contribution in [0, 0.1) is 0 Å². The molecular weight excluding hydrogens is 188 g/mol. The molecule has 0 fully saturated rings. The van der Waals surface area contributed by atoms with E-state index < -0.39 is 0 Å². The molecule has 0 bridgehead atoms. The van der Waals surface area contributed by atoms with Gasteiger partial charge in [-0.05, 0) is 31.9 Å². The number of guanidine groups is 1. The number of nitrogens with zero attached hydrogens (tertiary/aromatic N) is 2. The summed E-state index contributed by atoms with van der Waals surface area (Å²) in [5.41, 5.74) is 12.1. The van der Waals surface area contributed by atoms with Crippen LogP contribution in [-0.2, 0) is 6.42 Å². The minimum absolute atomic E-state index is 0.118. The summed E-state index contributed by atoms with van der Waals surface area (Å²) in [6, 6.07) is 2.46. The second-order valence-electron chi connectivity index (χ2n) is 3.95. The minimum Gasteiger partial charge on any atom is -0.370 e. The molecule has 0 aliphatic carbocycles. The first-order chi connectivity index (χ1) is 7.06. The lowest BCUT2D eigenvalue weighted by atomic mass is 10.2. The SMILES string of the molecule is CCCc1ccn(C(C)C)c1N=C(N)N. The van der Waals surface area contributed by atoms with Gasteiger partial charge in [0.25, 0.3) is 0 Å². The van der Waals surface area contributed by atoms with E-state index in [0.717, 1.165) is 18.7 Å². The average Bonchev–Trinajstić information content (AvgIpc) is 2.48. The average molecular weight is 208 g/mol. The Morgan fingerprint density at radius 1 is 1.47 bits per heavy atom. The first kappa shape index (κ1) is 11.6. The molecule has 84 valence electrons. The van der Waals surface area contributed by atoms with Crippen molar-refractivity contribution in [3.8, 4) is 0 Å². The molecule has 4 N–H and O–H groups in total. The predicted octanol–water partition coefficient (Wildman–Crippen LogP) is 1.93. The molecular formula is C11H20N4. The van der Waals surface area contributed by atoms with Crippen LogP contribution in [0.5, 0.6) is 0 Å². The van der Waals surface area contributed by atoms with Gasteiger partial charge in [0, 0.05) is 12.2 Å². The van der Waals surface area contributed by atoms with Gasteiger partial charge < -0.3 is 16.0 Å². The summed E-state index contributed by atoms with van der Waals surface area (Å²) in [6.45, 7) is 6.37. The number of hydrogen-bond donors (Lipinski definition) is 2. The molecule has 0 atom stereocenters. The molecule has 0 spiro atoms. The number of aryl methyl sites for hydroxylation is 1. The van der Waals surface area contributed by atoms with Crippen molar-refractivity contribution in [2.45, 2.75) is 39.7 Å². The van der Waals surface area contributed by atoms with Gasteiger partial charge in [-0.15, -0.1) is 0 Å². The maximum atomic E-state index is 5.43. The molecule has 15 heavy (non-hydrogen) atoms. The molecule has 1 heterocycles. The summed E-state index contributed by atoms with van der Waals surface area (Å²) in [5.74, 6) is 1.01. The van der Waals surface area contributed by atoms with E-state index in [2.05, 4.69) is 36.4 Å². The summed E-state index contributed by atoms with van der Waals surface area (Å²) < 4.78 is 2.09. The number of rotatable bonds is 4. The summed E-state index contributed by atoms with van der Waals surface area (Å²) in [6.07, 6.45) is 4.14. The molecule has 0 unspecified atom stereocenters. The molecule has 0 aliphatic heterocycles. The van der Waals surface area contributed by atoms with Crippen LogP contribution < -0.4 is 11.5 Å². The van der Waals surface area contributed by atoms with Gasteiger partial charge in [-0.3, -0.25) is 0 Å². The molecule has 1 aromatic rings. The minimum atomic E-state index is 0.118. The highest BCUT2D eigenvalue weighted by Gasteiger charge is 2.09. The highest BCUT2D eigenvalue weighted by molar-refractivity contribution is 5.79. The Hall–Kier alpha value is -1.45. The number of hydrogen-bond acceptors (Lipinski definition) is 1. The molecule has 0 radical (unpaired) electrons. The standard InChI is InChI=1S/C11H20N4/c1-4-5-9-6-7-15(8(2)3)10(9)14-11(12)13/h6-8H,4-5H2,1-3H3,(H4,12,13,14).